The van der Waals surface area contributed by atoms with Crippen molar-refractivity contribution in [3.8, 4) is 11.5 Å². The fourth-order valence-corrected chi connectivity index (χ4v) is 1.74. The van der Waals surface area contributed by atoms with Gasteiger partial charge in [0.05, 0.1) is 6.04 Å². The number of nitrogens with zero attached hydrogens (tertiary/aromatic N) is 1. The summed E-state index contributed by atoms with van der Waals surface area (Å²) < 4.78 is 5.26. The minimum Gasteiger partial charge on any atom is -0.504 e. The van der Waals surface area contributed by atoms with Gasteiger partial charge < -0.3 is 15.2 Å². The molecule has 2 rings (SSSR count). The quantitative estimate of drug-likeness (QED) is 0.873. The summed E-state index contributed by atoms with van der Waals surface area (Å²) in [5, 5.41) is 12.3. The normalized spacial score (nSPS) is 11.7. The first-order valence-electron chi connectivity index (χ1n) is 6.27. The number of pyridine rings is 1. The van der Waals surface area contributed by atoms with Crippen LogP contribution in [0.4, 0.5) is 0 Å². The molecule has 1 atom stereocenters. The minimum atomic E-state index is -0.252. The predicted octanol–water partition coefficient (Wildman–Crippen LogP) is 2.04. The highest BCUT2D eigenvalue weighted by Crippen LogP contribution is 2.24. The largest absolute Gasteiger partial charge is 0.504 e. The van der Waals surface area contributed by atoms with Crippen LogP contribution in [0.2, 0.25) is 0 Å². The highest BCUT2D eigenvalue weighted by Gasteiger charge is 2.10. The molecule has 2 aromatic rings. The highest BCUT2D eigenvalue weighted by atomic mass is 16.5. The van der Waals surface area contributed by atoms with Crippen LogP contribution in [0.3, 0.4) is 0 Å². The molecule has 0 saturated heterocycles. The van der Waals surface area contributed by atoms with Crippen LogP contribution in [0.15, 0.2) is 48.8 Å². The number of phenols is 1. The standard InChI is InChI=1S/C15H16N2O3/c1-11(12-6-8-16-9-7-12)17-15(19)10-20-14-5-3-2-4-13(14)18/h2-9,11,18H,10H2,1H3,(H,17,19). The van der Waals surface area contributed by atoms with Gasteiger partial charge in [0.2, 0.25) is 0 Å². The fraction of sp³-hybridized carbons (Fsp3) is 0.200. The third-order valence-electron chi connectivity index (χ3n) is 2.81. The molecule has 0 saturated carbocycles. The highest BCUT2D eigenvalue weighted by molar-refractivity contribution is 5.78. The van der Waals surface area contributed by atoms with Crippen molar-refractivity contribution >= 4 is 5.91 Å². The van der Waals surface area contributed by atoms with Gasteiger partial charge in [0.1, 0.15) is 0 Å². The summed E-state index contributed by atoms with van der Waals surface area (Å²) in [6.07, 6.45) is 3.35. The van der Waals surface area contributed by atoms with E-state index < -0.39 is 0 Å². The lowest BCUT2D eigenvalue weighted by molar-refractivity contribution is -0.123. The summed E-state index contributed by atoms with van der Waals surface area (Å²) in [5.74, 6) is 0.0549. The van der Waals surface area contributed by atoms with E-state index >= 15 is 0 Å². The van der Waals surface area contributed by atoms with Gasteiger partial charge in [0.15, 0.2) is 18.1 Å². The van der Waals surface area contributed by atoms with Crippen molar-refractivity contribution in [2.24, 2.45) is 0 Å². The van der Waals surface area contributed by atoms with Crippen molar-refractivity contribution in [1.29, 1.82) is 0 Å². The van der Waals surface area contributed by atoms with Gasteiger partial charge in [-0.15, -0.1) is 0 Å². The second kappa shape index (κ2) is 6.56. The molecule has 5 nitrogen and oxygen atoms in total. The molecular weight excluding hydrogens is 256 g/mol. The molecule has 1 unspecified atom stereocenters. The van der Waals surface area contributed by atoms with Crippen LogP contribution in [0.25, 0.3) is 0 Å². The summed E-state index contributed by atoms with van der Waals surface area (Å²) >= 11 is 0. The van der Waals surface area contributed by atoms with Crippen molar-refractivity contribution in [2.75, 3.05) is 6.61 Å². The molecule has 1 amide bonds. The van der Waals surface area contributed by atoms with E-state index in [4.69, 9.17) is 4.74 Å². The van der Waals surface area contributed by atoms with Gasteiger partial charge in [-0.25, -0.2) is 0 Å². The summed E-state index contributed by atoms with van der Waals surface area (Å²) in [6.45, 7) is 1.74. The Balaban J connectivity index is 1.86. The summed E-state index contributed by atoms with van der Waals surface area (Å²) in [4.78, 5) is 15.7. The predicted molar refractivity (Wildman–Crippen MR) is 74.4 cm³/mol. The van der Waals surface area contributed by atoms with Crippen LogP contribution < -0.4 is 10.1 Å². The maximum atomic E-state index is 11.8. The number of rotatable bonds is 5. The van der Waals surface area contributed by atoms with Crippen molar-refractivity contribution < 1.29 is 14.6 Å². The van der Waals surface area contributed by atoms with Crippen molar-refractivity contribution in [2.45, 2.75) is 13.0 Å². The van der Waals surface area contributed by atoms with E-state index in [2.05, 4.69) is 10.3 Å². The van der Waals surface area contributed by atoms with Crippen LogP contribution in [0.5, 0.6) is 11.5 Å². The van der Waals surface area contributed by atoms with Crippen LogP contribution in [-0.2, 0) is 4.79 Å². The van der Waals surface area contributed by atoms with Gasteiger partial charge in [-0.05, 0) is 36.8 Å². The lowest BCUT2D eigenvalue weighted by atomic mass is 10.1. The minimum absolute atomic E-state index is 0.0162. The zero-order valence-corrected chi connectivity index (χ0v) is 11.1. The van der Waals surface area contributed by atoms with Crippen LogP contribution in [0, 0.1) is 0 Å². The van der Waals surface area contributed by atoms with E-state index in [9.17, 15) is 9.90 Å². The molecule has 5 heteroatoms. The van der Waals surface area contributed by atoms with Crippen LogP contribution in [-0.4, -0.2) is 22.6 Å². The van der Waals surface area contributed by atoms with E-state index in [0.29, 0.717) is 5.75 Å². The number of aromatic nitrogens is 1. The zero-order valence-electron chi connectivity index (χ0n) is 11.1. The second-order valence-corrected chi connectivity index (χ2v) is 4.33. The van der Waals surface area contributed by atoms with Gasteiger partial charge in [0.25, 0.3) is 5.91 Å². The molecule has 0 bridgehead atoms. The molecule has 1 aromatic carbocycles. The number of ether oxygens (including phenoxy) is 1. The molecule has 0 spiro atoms. The van der Waals surface area contributed by atoms with Crippen molar-refractivity contribution in [3.63, 3.8) is 0 Å². The van der Waals surface area contributed by atoms with Gasteiger partial charge in [-0.1, -0.05) is 12.1 Å². The number of nitrogens with one attached hydrogen (secondary N) is 1. The first-order chi connectivity index (χ1) is 9.66. The monoisotopic (exact) mass is 272 g/mol. The summed E-state index contributed by atoms with van der Waals surface area (Å²) in [7, 11) is 0. The SMILES string of the molecule is CC(NC(=O)COc1ccccc1O)c1ccncc1. The van der Waals surface area contributed by atoms with Crippen LogP contribution in [0.1, 0.15) is 18.5 Å². The Kier molecular flexibility index (Phi) is 4.55. The summed E-state index contributed by atoms with van der Waals surface area (Å²) in [6, 6.07) is 10.1. The molecule has 0 radical (unpaired) electrons. The maximum Gasteiger partial charge on any atom is 0.258 e. The number of para-hydroxylation sites is 2. The Labute approximate surface area is 117 Å². The number of hydrogen-bond acceptors (Lipinski definition) is 4. The number of amides is 1. The molecule has 0 aliphatic carbocycles. The molecule has 20 heavy (non-hydrogen) atoms. The van der Waals surface area contributed by atoms with Gasteiger partial charge in [-0.3, -0.25) is 9.78 Å². The molecule has 1 aromatic heterocycles. The number of benzene rings is 1. The van der Waals surface area contributed by atoms with Gasteiger partial charge >= 0.3 is 0 Å². The summed E-state index contributed by atoms with van der Waals surface area (Å²) in [5.41, 5.74) is 0.968. The Morgan fingerprint density at radius 3 is 2.70 bits per heavy atom. The van der Waals surface area contributed by atoms with Crippen LogP contribution >= 0.6 is 0 Å². The fourth-order valence-electron chi connectivity index (χ4n) is 1.74. The first-order valence-corrected chi connectivity index (χ1v) is 6.27. The third-order valence-corrected chi connectivity index (χ3v) is 2.81. The van der Waals surface area contributed by atoms with E-state index in [1.54, 1.807) is 30.6 Å². The average Bonchev–Trinajstić information content (AvgIpc) is 2.47. The Morgan fingerprint density at radius 1 is 1.30 bits per heavy atom. The van der Waals surface area contributed by atoms with E-state index in [1.165, 1.54) is 6.07 Å². The number of aromatic hydroxyl groups is 1. The van der Waals surface area contributed by atoms with E-state index in [0.717, 1.165) is 5.56 Å². The van der Waals surface area contributed by atoms with Gasteiger partial charge in [-0.2, -0.15) is 0 Å². The Morgan fingerprint density at radius 2 is 2.00 bits per heavy atom. The molecule has 0 fully saturated rings. The van der Waals surface area contributed by atoms with Crippen molar-refractivity contribution in [1.82, 2.24) is 10.3 Å². The van der Waals surface area contributed by atoms with Crippen molar-refractivity contribution in [3.05, 3.63) is 54.4 Å². The molecular formula is C15H16N2O3. The molecule has 0 aliphatic heterocycles. The third kappa shape index (κ3) is 3.71. The number of phenolic OH excluding ortho intramolecular Hbond substituents is 1. The average molecular weight is 272 g/mol. The Hall–Kier alpha value is -2.56. The number of hydrogen-bond donors (Lipinski definition) is 2. The smallest absolute Gasteiger partial charge is 0.258 e. The Bertz CT molecular complexity index is 572. The zero-order chi connectivity index (χ0) is 14.4. The number of carbonyl (C=O) groups is 1. The maximum absolute atomic E-state index is 11.8. The lowest BCUT2D eigenvalue weighted by Gasteiger charge is -2.14. The topological polar surface area (TPSA) is 71.5 Å². The molecule has 0 aliphatic rings. The first kappa shape index (κ1) is 13.9. The van der Waals surface area contributed by atoms with Gasteiger partial charge in [0, 0.05) is 12.4 Å². The number of carbonyl (C=O) groups excluding carboxylic acids is 1. The molecule has 104 valence electrons. The van der Waals surface area contributed by atoms with E-state index in [-0.39, 0.29) is 24.3 Å². The molecule has 2 N–H and O–H groups in total. The second-order valence-electron chi connectivity index (χ2n) is 4.33. The van der Waals surface area contributed by atoms with E-state index in [1.807, 2.05) is 19.1 Å². The molecule has 1 heterocycles. The lowest BCUT2D eigenvalue weighted by Crippen LogP contribution is -2.31.